The maximum atomic E-state index is 8.86. The van der Waals surface area contributed by atoms with Crippen LogP contribution in [0.25, 0.3) is 0 Å². The molecule has 2 aromatic rings. The van der Waals surface area contributed by atoms with Gasteiger partial charge in [0.2, 0.25) is 0 Å². The lowest BCUT2D eigenvalue weighted by Crippen LogP contribution is -2.03. The Balaban J connectivity index is 2.01. The minimum Gasteiger partial charge on any atom is -0.486 e. The predicted octanol–water partition coefficient (Wildman–Crippen LogP) is 2.94. The summed E-state index contributed by atoms with van der Waals surface area (Å²) >= 11 is 0. The van der Waals surface area contributed by atoms with Gasteiger partial charge in [-0.25, -0.2) is 0 Å². The SMILES string of the molecule is CC(Oc1ccc(CCO)cc1)c1ccc(N)cc1. The minimum absolute atomic E-state index is 0.0238. The van der Waals surface area contributed by atoms with Crippen LogP contribution in [0.4, 0.5) is 5.69 Å². The van der Waals surface area contributed by atoms with Gasteiger partial charge >= 0.3 is 0 Å². The second-order valence-corrected chi connectivity index (χ2v) is 4.54. The van der Waals surface area contributed by atoms with Crippen molar-refractivity contribution < 1.29 is 9.84 Å². The number of rotatable bonds is 5. The van der Waals surface area contributed by atoms with Gasteiger partial charge in [-0.1, -0.05) is 24.3 Å². The van der Waals surface area contributed by atoms with Crippen molar-refractivity contribution in [3.63, 3.8) is 0 Å². The van der Waals surface area contributed by atoms with Crippen LogP contribution in [-0.4, -0.2) is 11.7 Å². The third kappa shape index (κ3) is 3.73. The van der Waals surface area contributed by atoms with Crippen molar-refractivity contribution in [3.05, 3.63) is 59.7 Å². The third-order valence-electron chi connectivity index (χ3n) is 3.04. The number of aliphatic hydroxyl groups excluding tert-OH is 1. The number of nitrogens with two attached hydrogens (primary N) is 1. The van der Waals surface area contributed by atoms with Gasteiger partial charge in [-0.05, 0) is 48.7 Å². The van der Waals surface area contributed by atoms with Crippen molar-refractivity contribution >= 4 is 5.69 Å². The minimum atomic E-state index is -0.0238. The number of aliphatic hydroxyl groups is 1. The lowest BCUT2D eigenvalue weighted by molar-refractivity contribution is 0.227. The van der Waals surface area contributed by atoms with Gasteiger partial charge in [-0.3, -0.25) is 0 Å². The lowest BCUT2D eigenvalue weighted by atomic mass is 10.1. The Morgan fingerprint density at radius 2 is 1.68 bits per heavy atom. The summed E-state index contributed by atoms with van der Waals surface area (Å²) in [6.45, 7) is 2.18. The molecule has 2 aromatic carbocycles. The average molecular weight is 257 g/mol. The molecule has 0 aromatic heterocycles. The first-order chi connectivity index (χ1) is 9.19. The van der Waals surface area contributed by atoms with Crippen LogP contribution in [-0.2, 0) is 6.42 Å². The van der Waals surface area contributed by atoms with Gasteiger partial charge in [0.15, 0.2) is 0 Å². The van der Waals surface area contributed by atoms with Gasteiger partial charge in [0, 0.05) is 12.3 Å². The van der Waals surface area contributed by atoms with Crippen LogP contribution in [0.15, 0.2) is 48.5 Å². The number of ether oxygens (including phenoxy) is 1. The number of hydrogen-bond acceptors (Lipinski definition) is 3. The number of hydrogen-bond donors (Lipinski definition) is 2. The Bertz CT molecular complexity index is 505. The van der Waals surface area contributed by atoms with Crippen LogP contribution >= 0.6 is 0 Å². The van der Waals surface area contributed by atoms with E-state index in [0.717, 1.165) is 22.6 Å². The molecule has 3 nitrogen and oxygen atoms in total. The van der Waals surface area contributed by atoms with Gasteiger partial charge in [-0.15, -0.1) is 0 Å². The van der Waals surface area contributed by atoms with Crippen molar-refractivity contribution in [2.45, 2.75) is 19.4 Å². The normalized spacial score (nSPS) is 12.1. The van der Waals surface area contributed by atoms with Crippen molar-refractivity contribution in [1.82, 2.24) is 0 Å². The molecule has 100 valence electrons. The summed E-state index contributed by atoms with van der Waals surface area (Å²) in [4.78, 5) is 0. The fourth-order valence-electron chi connectivity index (χ4n) is 1.90. The van der Waals surface area contributed by atoms with E-state index >= 15 is 0 Å². The van der Waals surface area contributed by atoms with E-state index in [1.54, 1.807) is 0 Å². The Morgan fingerprint density at radius 3 is 2.26 bits per heavy atom. The Kier molecular flexibility index (Phi) is 4.42. The highest BCUT2D eigenvalue weighted by Gasteiger charge is 2.06. The van der Waals surface area contributed by atoms with E-state index in [1.807, 2.05) is 55.5 Å². The standard InChI is InChI=1S/C16H19NO2/c1-12(14-4-6-15(17)7-5-14)19-16-8-2-13(3-9-16)10-11-18/h2-9,12,18H,10-11,17H2,1H3. The van der Waals surface area contributed by atoms with E-state index in [2.05, 4.69) is 0 Å². The van der Waals surface area contributed by atoms with E-state index in [-0.39, 0.29) is 12.7 Å². The summed E-state index contributed by atoms with van der Waals surface area (Å²) in [5.74, 6) is 0.825. The molecule has 2 rings (SSSR count). The van der Waals surface area contributed by atoms with E-state index in [1.165, 1.54) is 0 Å². The highest BCUT2D eigenvalue weighted by molar-refractivity contribution is 5.40. The zero-order valence-corrected chi connectivity index (χ0v) is 11.0. The van der Waals surface area contributed by atoms with E-state index in [9.17, 15) is 0 Å². The van der Waals surface area contributed by atoms with Crippen LogP contribution in [0, 0.1) is 0 Å². The van der Waals surface area contributed by atoms with Crippen LogP contribution in [0.2, 0.25) is 0 Å². The molecule has 0 aliphatic carbocycles. The Hall–Kier alpha value is -2.00. The van der Waals surface area contributed by atoms with Crippen LogP contribution in [0.1, 0.15) is 24.2 Å². The van der Waals surface area contributed by atoms with Crippen LogP contribution in [0.5, 0.6) is 5.75 Å². The van der Waals surface area contributed by atoms with Gasteiger partial charge in [0.05, 0.1) is 0 Å². The molecular weight excluding hydrogens is 238 g/mol. The second kappa shape index (κ2) is 6.25. The van der Waals surface area contributed by atoms with E-state index in [4.69, 9.17) is 15.6 Å². The first-order valence-electron chi connectivity index (χ1n) is 6.41. The first kappa shape index (κ1) is 13.4. The summed E-state index contributed by atoms with van der Waals surface area (Å²) in [5.41, 5.74) is 8.62. The molecule has 0 spiro atoms. The largest absolute Gasteiger partial charge is 0.486 e. The summed E-state index contributed by atoms with van der Waals surface area (Å²) < 4.78 is 5.87. The summed E-state index contributed by atoms with van der Waals surface area (Å²) in [6, 6.07) is 15.5. The Morgan fingerprint density at radius 1 is 1.05 bits per heavy atom. The van der Waals surface area contributed by atoms with Crippen molar-refractivity contribution in [2.75, 3.05) is 12.3 Å². The number of benzene rings is 2. The van der Waals surface area contributed by atoms with Gasteiger partial charge in [0.1, 0.15) is 11.9 Å². The lowest BCUT2D eigenvalue weighted by Gasteiger charge is -2.15. The first-order valence-corrected chi connectivity index (χ1v) is 6.41. The molecule has 0 bridgehead atoms. The van der Waals surface area contributed by atoms with Crippen LogP contribution < -0.4 is 10.5 Å². The average Bonchev–Trinajstić information content (AvgIpc) is 2.42. The second-order valence-electron chi connectivity index (χ2n) is 4.54. The van der Waals surface area contributed by atoms with Crippen LogP contribution in [0.3, 0.4) is 0 Å². The molecule has 0 fully saturated rings. The van der Waals surface area contributed by atoms with Crippen molar-refractivity contribution in [2.24, 2.45) is 0 Å². The van der Waals surface area contributed by atoms with E-state index in [0.29, 0.717) is 6.42 Å². The maximum Gasteiger partial charge on any atom is 0.121 e. The summed E-state index contributed by atoms with van der Waals surface area (Å²) in [5, 5.41) is 8.86. The monoisotopic (exact) mass is 257 g/mol. The molecule has 0 saturated carbocycles. The highest BCUT2D eigenvalue weighted by atomic mass is 16.5. The van der Waals surface area contributed by atoms with Gasteiger partial charge in [-0.2, -0.15) is 0 Å². The highest BCUT2D eigenvalue weighted by Crippen LogP contribution is 2.22. The fourth-order valence-corrected chi connectivity index (χ4v) is 1.90. The smallest absolute Gasteiger partial charge is 0.121 e. The molecule has 1 unspecified atom stereocenters. The van der Waals surface area contributed by atoms with Gasteiger partial charge in [0.25, 0.3) is 0 Å². The maximum absolute atomic E-state index is 8.86. The molecule has 0 radical (unpaired) electrons. The summed E-state index contributed by atoms with van der Waals surface area (Å²) in [6.07, 6.45) is 0.651. The molecule has 3 heteroatoms. The molecule has 3 N–H and O–H groups in total. The predicted molar refractivity (Wildman–Crippen MR) is 77.1 cm³/mol. The molecule has 0 saturated heterocycles. The van der Waals surface area contributed by atoms with Gasteiger partial charge < -0.3 is 15.6 Å². The quantitative estimate of drug-likeness (QED) is 0.810. The fraction of sp³-hybridized carbons (Fsp3) is 0.250. The third-order valence-corrected chi connectivity index (χ3v) is 3.04. The summed E-state index contributed by atoms with van der Waals surface area (Å²) in [7, 11) is 0. The molecule has 0 aliphatic rings. The van der Waals surface area contributed by atoms with Crippen molar-refractivity contribution in [3.8, 4) is 5.75 Å². The molecule has 0 heterocycles. The molecular formula is C16H19NO2. The zero-order chi connectivity index (χ0) is 13.7. The van der Waals surface area contributed by atoms with E-state index < -0.39 is 0 Å². The molecule has 0 amide bonds. The zero-order valence-electron chi connectivity index (χ0n) is 11.0. The van der Waals surface area contributed by atoms with Crippen molar-refractivity contribution in [1.29, 1.82) is 0 Å². The number of anilines is 1. The topological polar surface area (TPSA) is 55.5 Å². The molecule has 1 atom stereocenters. The number of nitrogen functional groups attached to an aromatic ring is 1. The molecule has 0 aliphatic heterocycles. The molecule has 19 heavy (non-hydrogen) atoms. The Labute approximate surface area is 113 Å².